The molecule has 0 spiro atoms. The van der Waals surface area contributed by atoms with Crippen molar-refractivity contribution in [1.29, 1.82) is 0 Å². The van der Waals surface area contributed by atoms with Gasteiger partial charge in [-0.2, -0.15) is 5.10 Å². The first kappa shape index (κ1) is 14.4. The van der Waals surface area contributed by atoms with Gasteiger partial charge in [0, 0.05) is 14.2 Å². The lowest BCUT2D eigenvalue weighted by atomic mass is 10.2. The molecule has 1 heterocycles. The minimum Gasteiger partial charge on any atom is -0.383 e. The van der Waals surface area contributed by atoms with Crippen molar-refractivity contribution in [3.8, 4) is 0 Å². The second-order valence-electron chi connectivity index (χ2n) is 4.25. The summed E-state index contributed by atoms with van der Waals surface area (Å²) >= 11 is 0. The van der Waals surface area contributed by atoms with Crippen molar-refractivity contribution in [2.75, 3.05) is 19.0 Å². The molecule has 102 valence electrons. The van der Waals surface area contributed by atoms with Crippen LogP contribution in [0.1, 0.15) is 25.5 Å². The van der Waals surface area contributed by atoms with Gasteiger partial charge in [-0.3, -0.25) is 10.1 Å². The van der Waals surface area contributed by atoms with E-state index in [1.165, 1.54) is 4.68 Å². The molecule has 0 amide bonds. The molecular formula is C11H20N4O3. The van der Waals surface area contributed by atoms with Crippen LogP contribution in [0.3, 0.4) is 0 Å². The first-order valence-corrected chi connectivity index (χ1v) is 5.94. The predicted molar refractivity (Wildman–Crippen MR) is 68.8 cm³/mol. The summed E-state index contributed by atoms with van der Waals surface area (Å²) in [7, 11) is 3.31. The molecule has 1 N–H and O–H groups in total. The van der Waals surface area contributed by atoms with E-state index in [1.807, 2.05) is 0 Å². The molecule has 0 fully saturated rings. The summed E-state index contributed by atoms with van der Waals surface area (Å²) in [5, 5.41) is 18.3. The van der Waals surface area contributed by atoms with Crippen molar-refractivity contribution >= 4 is 11.5 Å². The predicted octanol–water partition coefficient (Wildman–Crippen LogP) is 1.86. The average molecular weight is 256 g/mol. The Kier molecular flexibility index (Phi) is 5.08. The molecule has 1 aromatic heterocycles. The second-order valence-corrected chi connectivity index (χ2v) is 4.25. The number of nitrogens with one attached hydrogen (secondary N) is 1. The number of methoxy groups -OCH3 is 1. The monoisotopic (exact) mass is 256 g/mol. The molecule has 7 nitrogen and oxygen atoms in total. The Hall–Kier alpha value is -1.63. The third-order valence-electron chi connectivity index (χ3n) is 2.72. The van der Waals surface area contributed by atoms with Crippen molar-refractivity contribution in [3.05, 3.63) is 15.8 Å². The van der Waals surface area contributed by atoms with Crippen LogP contribution in [0.2, 0.25) is 0 Å². The van der Waals surface area contributed by atoms with Gasteiger partial charge in [-0.05, 0) is 13.3 Å². The maximum absolute atomic E-state index is 11.0. The van der Waals surface area contributed by atoms with E-state index in [9.17, 15) is 10.1 Å². The van der Waals surface area contributed by atoms with Crippen molar-refractivity contribution in [3.63, 3.8) is 0 Å². The van der Waals surface area contributed by atoms with Crippen LogP contribution in [-0.4, -0.2) is 34.5 Å². The molecule has 1 rings (SSSR count). The van der Waals surface area contributed by atoms with E-state index in [0.29, 0.717) is 18.1 Å². The Morgan fingerprint density at radius 3 is 2.78 bits per heavy atom. The highest BCUT2D eigenvalue weighted by atomic mass is 16.6. The van der Waals surface area contributed by atoms with Crippen LogP contribution in [0.4, 0.5) is 11.5 Å². The summed E-state index contributed by atoms with van der Waals surface area (Å²) < 4.78 is 6.62. The zero-order chi connectivity index (χ0) is 13.7. The molecule has 0 saturated heterocycles. The smallest absolute Gasteiger partial charge is 0.333 e. The molecule has 7 heteroatoms. The van der Waals surface area contributed by atoms with Crippen LogP contribution in [-0.2, 0) is 11.8 Å². The molecule has 1 atom stereocenters. The van der Waals surface area contributed by atoms with Crippen LogP contribution >= 0.6 is 0 Å². The Morgan fingerprint density at radius 1 is 1.61 bits per heavy atom. The Balaban J connectivity index is 2.97. The third-order valence-corrected chi connectivity index (χ3v) is 2.72. The Bertz CT molecular complexity index is 411. The number of hydrogen-bond acceptors (Lipinski definition) is 5. The highest BCUT2D eigenvalue weighted by molar-refractivity contribution is 5.59. The summed E-state index contributed by atoms with van der Waals surface area (Å²) in [6.45, 7) is 4.21. The zero-order valence-corrected chi connectivity index (χ0v) is 11.3. The number of nitrogens with zero attached hydrogens (tertiary/aromatic N) is 3. The van der Waals surface area contributed by atoms with E-state index >= 15 is 0 Å². The topological polar surface area (TPSA) is 82.2 Å². The quantitative estimate of drug-likeness (QED) is 0.594. The van der Waals surface area contributed by atoms with Crippen LogP contribution in [0.5, 0.6) is 0 Å². The van der Waals surface area contributed by atoms with E-state index in [1.54, 1.807) is 21.1 Å². The number of nitro groups is 1. The summed E-state index contributed by atoms with van der Waals surface area (Å²) in [6, 6.07) is 0.0495. The summed E-state index contributed by atoms with van der Waals surface area (Å²) in [6.07, 6.45) is 1.86. The molecule has 0 aliphatic heterocycles. The van der Waals surface area contributed by atoms with Gasteiger partial charge in [-0.1, -0.05) is 13.3 Å². The lowest BCUT2D eigenvalue weighted by molar-refractivity contribution is -0.384. The van der Waals surface area contributed by atoms with Gasteiger partial charge in [0.1, 0.15) is 5.69 Å². The van der Waals surface area contributed by atoms with E-state index in [4.69, 9.17) is 4.74 Å². The van der Waals surface area contributed by atoms with Crippen LogP contribution in [0.25, 0.3) is 0 Å². The summed E-state index contributed by atoms with van der Waals surface area (Å²) in [4.78, 5) is 10.6. The maximum atomic E-state index is 11.0. The van der Waals surface area contributed by atoms with Gasteiger partial charge >= 0.3 is 5.69 Å². The average Bonchev–Trinajstić information content (AvgIpc) is 2.54. The number of rotatable bonds is 7. The molecular weight excluding hydrogens is 236 g/mol. The van der Waals surface area contributed by atoms with Gasteiger partial charge < -0.3 is 10.1 Å². The number of aromatic nitrogens is 2. The first-order valence-electron chi connectivity index (χ1n) is 5.94. The molecule has 18 heavy (non-hydrogen) atoms. The summed E-state index contributed by atoms with van der Waals surface area (Å²) in [5.41, 5.74) is 0.451. The van der Waals surface area contributed by atoms with Crippen molar-refractivity contribution in [1.82, 2.24) is 9.78 Å². The lowest BCUT2D eigenvalue weighted by Crippen LogP contribution is -2.26. The maximum Gasteiger partial charge on any atom is 0.333 e. The SMILES string of the molecule is CCCC(COC)Nc1c([N+](=O)[O-])c(C)nn1C. The van der Waals surface area contributed by atoms with Gasteiger partial charge in [0.15, 0.2) is 0 Å². The highest BCUT2D eigenvalue weighted by Crippen LogP contribution is 2.28. The summed E-state index contributed by atoms with van der Waals surface area (Å²) in [5.74, 6) is 0.438. The van der Waals surface area contributed by atoms with Crippen LogP contribution < -0.4 is 5.32 Å². The second kappa shape index (κ2) is 6.34. The fourth-order valence-electron chi connectivity index (χ4n) is 1.97. The van der Waals surface area contributed by atoms with E-state index in [-0.39, 0.29) is 11.7 Å². The van der Waals surface area contributed by atoms with E-state index in [0.717, 1.165) is 12.8 Å². The lowest BCUT2D eigenvalue weighted by Gasteiger charge is -2.17. The fraction of sp³-hybridized carbons (Fsp3) is 0.727. The van der Waals surface area contributed by atoms with Crippen LogP contribution in [0.15, 0.2) is 0 Å². The van der Waals surface area contributed by atoms with Crippen molar-refractivity contribution in [2.45, 2.75) is 32.7 Å². The molecule has 0 radical (unpaired) electrons. The van der Waals surface area contributed by atoms with Crippen molar-refractivity contribution in [2.24, 2.45) is 7.05 Å². The zero-order valence-electron chi connectivity index (χ0n) is 11.3. The van der Waals surface area contributed by atoms with Crippen LogP contribution in [0, 0.1) is 17.0 Å². The molecule has 1 aromatic rings. The van der Waals surface area contributed by atoms with Gasteiger partial charge in [-0.25, -0.2) is 4.68 Å². The molecule has 0 aliphatic rings. The Labute approximate surface area is 106 Å². The number of aryl methyl sites for hydroxylation is 2. The fourth-order valence-corrected chi connectivity index (χ4v) is 1.97. The number of hydrogen-bond donors (Lipinski definition) is 1. The van der Waals surface area contributed by atoms with E-state index < -0.39 is 4.92 Å². The van der Waals surface area contributed by atoms with Gasteiger partial charge in [-0.15, -0.1) is 0 Å². The van der Waals surface area contributed by atoms with Gasteiger partial charge in [0.05, 0.1) is 17.6 Å². The Morgan fingerprint density at radius 2 is 2.28 bits per heavy atom. The minimum atomic E-state index is -0.402. The molecule has 0 aliphatic carbocycles. The largest absolute Gasteiger partial charge is 0.383 e. The first-order chi connectivity index (χ1) is 8.51. The number of anilines is 1. The minimum absolute atomic E-state index is 0.0368. The number of ether oxygens (including phenoxy) is 1. The standard InChI is InChI=1S/C11H20N4O3/c1-5-6-9(7-18-4)12-11-10(15(16)17)8(2)13-14(11)3/h9,12H,5-7H2,1-4H3. The molecule has 0 aromatic carbocycles. The third kappa shape index (κ3) is 3.19. The molecule has 1 unspecified atom stereocenters. The molecule has 0 saturated carbocycles. The van der Waals surface area contributed by atoms with Gasteiger partial charge in [0.25, 0.3) is 0 Å². The molecule has 0 bridgehead atoms. The van der Waals surface area contributed by atoms with E-state index in [2.05, 4.69) is 17.3 Å². The highest BCUT2D eigenvalue weighted by Gasteiger charge is 2.25. The van der Waals surface area contributed by atoms with Gasteiger partial charge in [0.2, 0.25) is 5.82 Å². The normalized spacial score (nSPS) is 12.4. The van der Waals surface area contributed by atoms with Crippen molar-refractivity contribution < 1.29 is 9.66 Å².